The second-order valence-electron chi connectivity index (χ2n) is 4.66. The van der Waals surface area contributed by atoms with E-state index >= 15 is 0 Å². The summed E-state index contributed by atoms with van der Waals surface area (Å²) in [5.41, 5.74) is 0. The van der Waals surface area contributed by atoms with E-state index in [1.807, 2.05) is 0 Å². The van der Waals surface area contributed by atoms with Crippen molar-refractivity contribution in [2.24, 2.45) is 17.8 Å². The molecule has 1 aliphatic heterocycles. The molecule has 0 bridgehead atoms. The second-order valence-corrected chi connectivity index (χ2v) is 4.66. The molecule has 1 heteroatoms. The molecule has 2 rings (SSSR count). The number of hydrogen-bond acceptors (Lipinski definition) is 1. The van der Waals surface area contributed by atoms with Crippen LogP contribution < -0.4 is 0 Å². The Balaban J connectivity index is 1.86. The molecule has 2 fully saturated rings. The van der Waals surface area contributed by atoms with Crippen LogP contribution in [0.3, 0.4) is 0 Å². The van der Waals surface area contributed by atoms with Crippen molar-refractivity contribution in [3.63, 3.8) is 0 Å². The van der Waals surface area contributed by atoms with Gasteiger partial charge >= 0.3 is 0 Å². The fraction of sp³-hybridized carbons (Fsp3) is 1.00. The third-order valence-corrected chi connectivity index (χ3v) is 3.73. The maximum absolute atomic E-state index is 2.60. The summed E-state index contributed by atoms with van der Waals surface area (Å²) in [4.78, 5) is 2.60. The summed E-state index contributed by atoms with van der Waals surface area (Å²) >= 11 is 0. The number of piperidine rings is 1. The molecule has 12 heavy (non-hydrogen) atoms. The third-order valence-electron chi connectivity index (χ3n) is 3.73. The molecule has 1 nitrogen and oxygen atoms in total. The average molecular weight is 167 g/mol. The topological polar surface area (TPSA) is 3.24 Å². The maximum atomic E-state index is 2.60. The van der Waals surface area contributed by atoms with Crippen LogP contribution in [0.5, 0.6) is 0 Å². The van der Waals surface area contributed by atoms with Crippen LogP contribution in [-0.2, 0) is 0 Å². The average Bonchev–Trinajstić information content (AvgIpc) is 2.87. The Morgan fingerprint density at radius 2 is 2.00 bits per heavy atom. The van der Waals surface area contributed by atoms with Gasteiger partial charge < -0.3 is 4.90 Å². The van der Waals surface area contributed by atoms with Crippen molar-refractivity contribution in [3.05, 3.63) is 0 Å². The van der Waals surface area contributed by atoms with E-state index in [2.05, 4.69) is 18.7 Å². The first kappa shape index (κ1) is 8.55. The van der Waals surface area contributed by atoms with Crippen LogP contribution in [0.1, 0.15) is 33.1 Å². The zero-order chi connectivity index (χ0) is 8.55. The van der Waals surface area contributed by atoms with Crippen molar-refractivity contribution < 1.29 is 0 Å². The number of nitrogens with zero attached hydrogens (tertiary/aromatic N) is 1. The zero-order valence-corrected chi connectivity index (χ0v) is 8.42. The van der Waals surface area contributed by atoms with E-state index in [0.29, 0.717) is 0 Å². The van der Waals surface area contributed by atoms with Crippen molar-refractivity contribution in [2.45, 2.75) is 33.1 Å². The van der Waals surface area contributed by atoms with E-state index < -0.39 is 0 Å². The molecule has 2 aliphatic rings. The fourth-order valence-corrected chi connectivity index (χ4v) is 2.76. The lowest BCUT2D eigenvalue weighted by molar-refractivity contribution is 0.122. The van der Waals surface area contributed by atoms with Gasteiger partial charge in [-0.05, 0) is 50.1 Å². The smallest absolute Gasteiger partial charge is 0.000966 e. The van der Waals surface area contributed by atoms with E-state index in [1.165, 1.54) is 38.9 Å². The Labute approximate surface area is 76.1 Å². The number of hydrogen-bond donors (Lipinski definition) is 0. The second kappa shape index (κ2) is 3.37. The Kier molecular flexibility index (Phi) is 2.40. The van der Waals surface area contributed by atoms with Crippen molar-refractivity contribution in [3.8, 4) is 0 Å². The first-order valence-electron chi connectivity index (χ1n) is 5.53. The first-order valence-corrected chi connectivity index (χ1v) is 5.53. The molecule has 0 spiro atoms. The normalized spacial score (nSPS) is 38.5. The third kappa shape index (κ3) is 1.66. The van der Waals surface area contributed by atoms with Gasteiger partial charge in [-0.25, -0.2) is 0 Å². The molecule has 0 aromatic heterocycles. The van der Waals surface area contributed by atoms with Crippen LogP contribution in [0, 0.1) is 17.8 Å². The zero-order valence-electron chi connectivity index (χ0n) is 8.42. The van der Waals surface area contributed by atoms with Gasteiger partial charge in [-0.2, -0.15) is 0 Å². The van der Waals surface area contributed by atoms with Gasteiger partial charge in [0, 0.05) is 6.54 Å². The summed E-state index contributed by atoms with van der Waals surface area (Å²) in [6.07, 6.45) is 4.53. The summed E-state index contributed by atoms with van der Waals surface area (Å²) in [7, 11) is 0. The fourth-order valence-electron chi connectivity index (χ4n) is 2.76. The van der Waals surface area contributed by atoms with Crippen molar-refractivity contribution in [1.29, 1.82) is 0 Å². The largest absolute Gasteiger partial charge is 0.303 e. The molecule has 0 radical (unpaired) electrons. The SMILES string of the molecule is CCN1CC[C@H](C2CC2)[C@@H](C)C1. The molecular formula is C11H21N. The molecule has 70 valence electrons. The van der Waals surface area contributed by atoms with Crippen LogP contribution in [0.2, 0.25) is 0 Å². The van der Waals surface area contributed by atoms with Crippen LogP contribution in [0.25, 0.3) is 0 Å². The van der Waals surface area contributed by atoms with Gasteiger partial charge in [0.25, 0.3) is 0 Å². The molecule has 0 aromatic carbocycles. The highest BCUT2D eigenvalue weighted by atomic mass is 15.1. The number of likely N-dealkylation sites (tertiary alicyclic amines) is 1. The van der Waals surface area contributed by atoms with Gasteiger partial charge in [0.15, 0.2) is 0 Å². The minimum Gasteiger partial charge on any atom is -0.303 e. The summed E-state index contributed by atoms with van der Waals surface area (Å²) in [5.74, 6) is 3.16. The minimum atomic E-state index is 0.964. The highest BCUT2D eigenvalue weighted by Crippen LogP contribution is 2.43. The molecule has 1 heterocycles. The molecule has 0 amide bonds. The first-order chi connectivity index (χ1) is 5.81. The van der Waals surface area contributed by atoms with Gasteiger partial charge in [0.05, 0.1) is 0 Å². The van der Waals surface area contributed by atoms with Gasteiger partial charge in [0.1, 0.15) is 0 Å². The summed E-state index contributed by atoms with van der Waals surface area (Å²) < 4.78 is 0. The highest BCUT2D eigenvalue weighted by Gasteiger charge is 2.37. The van der Waals surface area contributed by atoms with Crippen LogP contribution in [-0.4, -0.2) is 24.5 Å². The maximum Gasteiger partial charge on any atom is 0.000966 e. The standard InChI is InChI=1S/C11H21N/c1-3-12-7-6-11(9(2)8-12)10-4-5-10/h9-11H,3-8H2,1-2H3/t9-,11-/m0/s1. The molecule has 0 aromatic rings. The predicted octanol–water partition coefficient (Wildman–Crippen LogP) is 2.37. The Bertz CT molecular complexity index is 151. The lowest BCUT2D eigenvalue weighted by atomic mass is 9.83. The Hall–Kier alpha value is -0.0400. The van der Waals surface area contributed by atoms with Crippen molar-refractivity contribution in [2.75, 3.05) is 19.6 Å². The van der Waals surface area contributed by atoms with E-state index in [9.17, 15) is 0 Å². The Morgan fingerprint density at radius 3 is 2.50 bits per heavy atom. The van der Waals surface area contributed by atoms with Crippen LogP contribution >= 0.6 is 0 Å². The molecule has 1 aliphatic carbocycles. The quantitative estimate of drug-likeness (QED) is 0.610. The van der Waals surface area contributed by atoms with Gasteiger partial charge in [0.2, 0.25) is 0 Å². The minimum absolute atomic E-state index is 0.964. The van der Waals surface area contributed by atoms with Gasteiger partial charge in [-0.15, -0.1) is 0 Å². The molecule has 1 saturated heterocycles. The van der Waals surface area contributed by atoms with E-state index in [-0.39, 0.29) is 0 Å². The molecule has 2 atom stereocenters. The lowest BCUT2D eigenvalue weighted by Gasteiger charge is -2.36. The monoisotopic (exact) mass is 167 g/mol. The Morgan fingerprint density at radius 1 is 1.25 bits per heavy atom. The van der Waals surface area contributed by atoms with Crippen LogP contribution in [0.4, 0.5) is 0 Å². The highest BCUT2D eigenvalue weighted by molar-refractivity contribution is 4.88. The molecule has 0 N–H and O–H groups in total. The van der Waals surface area contributed by atoms with E-state index in [1.54, 1.807) is 0 Å². The summed E-state index contributed by atoms with van der Waals surface area (Å²) in [5, 5.41) is 0. The molecule has 1 saturated carbocycles. The number of rotatable bonds is 2. The lowest BCUT2D eigenvalue weighted by Crippen LogP contribution is -2.39. The van der Waals surface area contributed by atoms with Crippen molar-refractivity contribution >= 4 is 0 Å². The molecule has 0 unspecified atom stereocenters. The van der Waals surface area contributed by atoms with E-state index in [0.717, 1.165) is 17.8 Å². The molecular weight excluding hydrogens is 146 g/mol. The summed E-state index contributed by atoms with van der Waals surface area (Å²) in [6, 6.07) is 0. The van der Waals surface area contributed by atoms with Gasteiger partial charge in [-0.1, -0.05) is 13.8 Å². The van der Waals surface area contributed by atoms with Crippen molar-refractivity contribution in [1.82, 2.24) is 4.90 Å². The van der Waals surface area contributed by atoms with E-state index in [4.69, 9.17) is 0 Å². The summed E-state index contributed by atoms with van der Waals surface area (Å²) in [6.45, 7) is 8.70. The van der Waals surface area contributed by atoms with Gasteiger partial charge in [-0.3, -0.25) is 0 Å². The van der Waals surface area contributed by atoms with Crippen LogP contribution in [0.15, 0.2) is 0 Å². The predicted molar refractivity (Wildman–Crippen MR) is 52.1 cm³/mol.